The highest BCUT2D eigenvalue weighted by Crippen LogP contribution is 2.27. The van der Waals surface area contributed by atoms with Crippen molar-refractivity contribution in [2.24, 2.45) is 0 Å². The van der Waals surface area contributed by atoms with Crippen molar-refractivity contribution in [1.82, 2.24) is 9.38 Å². The van der Waals surface area contributed by atoms with E-state index >= 15 is 0 Å². The van der Waals surface area contributed by atoms with E-state index in [0.29, 0.717) is 11.3 Å². The lowest BCUT2D eigenvalue weighted by atomic mass is 10.1. The summed E-state index contributed by atoms with van der Waals surface area (Å²) in [4.78, 5) is 4.68. The lowest BCUT2D eigenvalue weighted by Gasteiger charge is -2.12. The maximum Gasteiger partial charge on any atom is 0.236 e. The van der Waals surface area contributed by atoms with Crippen LogP contribution in [-0.4, -0.2) is 17.8 Å². The van der Waals surface area contributed by atoms with Crippen LogP contribution in [0.15, 0.2) is 67.0 Å². The number of nitrogens with zero attached hydrogens (tertiary/aromatic N) is 2. The van der Waals surface area contributed by atoms with Gasteiger partial charge in [-0.1, -0.05) is 30.3 Å². The highest BCUT2D eigenvalue weighted by Gasteiger charge is 2.15. The minimum absolute atomic E-state index is 0.232. The zero-order chi connectivity index (χ0) is 20.6. The van der Waals surface area contributed by atoms with Gasteiger partial charge in [-0.05, 0) is 54.8 Å². The van der Waals surface area contributed by atoms with Crippen LogP contribution < -0.4 is 4.72 Å². The average molecular weight is 409 g/mol. The topological polar surface area (TPSA) is 63.5 Å². The Morgan fingerprint density at radius 1 is 1.03 bits per heavy atom. The fourth-order valence-corrected chi connectivity index (χ4v) is 4.45. The van der Waals surface area contributed by atoms with E-state index in [0.717, 1.165) is 28.0 Å². The van der Waals surface area contributed by atoms with E-state index in [-0.39, 0.29) is 5.75 Å². The molecule has 1 N–H and O–H groups in total. The molecule has 0 fully saturated rings. The molecular weight excluding hydrogens is 389 g/mol. The van der Waals surface area contributed by atoms with E-state index in [1.165, 1.54) is 24.3 Å². The highest BCUT2D eigenvalue weighted by molar-refractivity contribution is 7.91. The Hall–Kier alpha value is -3.19. The van der Waals surface area contributed by atoms with Crippen molar-refractivity contribution in [2.75, 3.05) is 4.72 Å². The summed E-state index contributed by atoms with van der Waals surface area (Å²) in [6.07, 6.45) is 3.85. The molecule has 0 amide bonds. The molecule has 0 unspecified atom stereocenters. The van der Waals surface area contributed by atoms with E-state index in [4.69, 9.17) is 0 Å². The van der Waals surface area contributed by atoms with Gasteiger partial charge in [-0.3, -0.25) is 4.72 Å². The largest absolute Gasteiger partial charge is 0.306 e. The quantitative estimate of drug-likeness (QED) is 0.520. The van der Waals surface area contributed by atoms with Gasteiger partial charge in [0.25, 0.3) is 0 Å². The number of aromatic nitrogens is 2. The molecule has 2 heterocycles. The standard InChI is InChI=1S/C22H20FN3O2S/c1-15-5-8-18(21-13-26-11-3-4-16(2)22(26)24-21)12-20(15)25-29(27,28)14-17-6-9-19(23)10-7-17/h3-13,25H,14H2,1-2H3. The summed E-state index contributed by atoms with van der Waals surface area (Å²) in [5.74, 6) is -0.629. The Balaban J connectivity index is 1.64. The van der Waals surface area contributed by atoms with E-state index in [9.17, 15) is 12.8 Å². The third-order valence-electron chi connectivity index (χ3n) is 4.75. The van der Waals surface area contributed by atoms with Crippen LogP contribution in [0.1, 0.15) is 16.7 Å². The van der Waals surface area contributed by atoms with Crippen molar-refractivity contribution < 1.29 is 12.8 Å². The molecule has 148 valence electrons. The first-order valence-electron chi connectivity index (χ1n) is 9.11. The van der Waals surface area contributed by atoms with E-state index in [2.05, 4.69) is 9.71 Å². The first-order valence-corrected chi connectivity index (χ1v) is 10.8. The number of fused-ring (bicyclic) bond motifs is 1. The second kappa shape index (κ2) is 7.33. The summed E-state index contributed by atoms with van der Waals surface area (Å²) >= 11 is 0. The number of imidazole rings is 1. The second-order valence-corrected chi connectivity index (χ2v) is 8.79. The number of hydrogen-bond donors (Lipinski definition) is 1. The molecule has 0 aliphatic carbocycles. The van der Waals surface area contributed by atoms with Gasteiger partial charge >= 0.3 is 0 Å². The normalized spacial score (nSPS) is 11.7. The predicted octanol–water partition coefficient (Wildman–Crippen LogP) is 4.70. The monoisotopic (exact) mass is 409 g/mol. The molecule has 2 aromatic carbocycles. The zero-order valence-electron chi connectivity index (χ0n) is 16.1. The number of rotatable bonds is 5. The van der Waals surface area contributed by atoms with Gasteiger partial charge in [-0.2, -0.15) is 0 Å². The van der Waals surface area contributed by atoms with Crippen molar-refractivity contribution in [3.63, 3.8) is 0 Å². The number of halogens is 1. The maximum absolute atomic E-state index is 13.1. The summed E-state index contributed by atoms with van der Waals surface area (Å²) in [6, 6.07) is 15.0. The smallest absolute Gasteiger partial charge is 0.236 e. The summed E-state index contributed by atoms with van der Waals surface area (Å²) in [5, 5.41) is 0. The van der Waals surface area contributed by atoms with E-state index in [1.807, 2.05) is 54.9 Å². The molecule has 0 spiro atoms. The molecule has 2 aromatic heterocycles. The van der Waals surface area contributed by atoms with Gasteiger partial charge in [0.1, 0.15) is 11.5 Å². The molecule has 29 heavy (non-hydrogen) atoms. The van der Waals surface area contributed by atoms with Gasteiger partial charge in [0.05, 0.1) is 17.1 Å². The van der Waals surface area contributed by atoms with E-state index < -0.39 is 15.8 Å². The molecule has 0 bridgehead atoms. The molecule has 0 radical (unpaired) electrons. The summed E-state index contributed by atoms with van der Waals surface area (Å²) in [7, 11) is -3.65. The van der Waals surface area contributed by atoms with Crippen LogP contribution in [0.5, 0.6) is 0 Å². The van der Waals surface area contributed by atoms with Crippen molar-refractivity contribution in [3.05, 3.63) is 89.5 Å². The molecule has 4 aromatic rings. The van der Waals surface area contributed by atoms with Crippen molar-refractivity contribution in [1.29, 1.82) is 0 Å². The number of benzene rings is 2. The number of nitrogens with one attached hydrogen (secondary N) is 1. The molecule has 7 heteroatoms. The third kappa shape index (κ3) is 4.14. The average Bonchev–Trinajstić information content (AvgIpc) is 3.11. The molecule has 0 saturated carbocycles. The summed E-state index contributed by atoms with van der Waals surface area (Å²) in [6.45, 7) is 3.84. The lowest BCUT2D eigenvalue weighted by Crippen LogP contribution is -2.15. The SMILES string of the molecule is Cc1ccc(-c2cn3cccc(C)c3n2)cc1NS(=O)(=O)Cc1ccc(F)cc1. The van der Waals surface area contributed by atoms with Crippen LogP contribution in [0.3, 0.4) is 0 Å². The highest BCUT2D eigenvalue weighted by atomic mass is 32.2. The van der Waals surface area contributed by atoms with Gasteiger partial charge in [0.15, 0.2) is 0 Å². The molecular formula is C22H20FN3O2S. The fraction of sp³-hybridized carbons (Fsp3) is 0.136. The van der Waals surface area contributed by atoms with Gasteiger partial charge in [0.2, 0.25) is 10.0 Å². The Kier molecular flexibility index (Phi) is 4.84. The minimum atomic E-state index is -3.65. The van der Waals surface area contributed by atoms with Crippen LogP contribution >= 0.6 is 0 Å². The number of aryl methyl sites for hydroxylation is 2. The van der Waals surface area contributed by atoms with Gasteiger partial charge in [0, 0.05) is 18.0 Å². The maximum atomic E-state index is 13.1. The Bertz CT molecular complexity index is 1300. The van der Waals surface area contributed by atoms with Crippen molar-refractivity contribution in [3.8, 4) is 11.3 Å². The first kappa shape index (κ1) is 19.1. The number of pyridine rings is 1. The molecule has 4 rings (SSSR count). The van der Waals surface area contributed by atoms with E-state index in [1.54, 1.807) is 6.07 Å². The number of anilines is 1. The van der Waals surface area contributed by atoms with Crippen LogP contribution in [-0.2, 0) is 15.8 Å². The molecule has 0 aliphatic rings. The van der Waals surface area contributed by atoms with Crippen LogP contribution in [0.2, 0.25) is 0 Å². The Morgan fingerprint density at radius 3 is 2.52 bits per heavy atom. The lowest BCUT2D eigenvalue weighted by molar-refractivity contribution is 0.600. The van der Waals surface area contributed by atoms with Gasteiger partial charge in [-0.25, -0.2) is 17.8 Å². The second-order valence-electron chi connectivity index (χ2n) is 7.07. The zero-order valence-corrected chi connectivity index (χ0v) is 16.9. The molecule has 5 nitrogen and oxygen atoms in total. The summed E-state index contributed by atoms with van der Waals surface area (Å²) in [5.41, 5.74) is 5.32. The third-order valence-corrected chi connectivity index (χ3v) is 5.99. The van der Waals surface area contributed by atoms with Crippen molar-refractivity contribution >= 4 is 21.4 Å². The van der Waals surface area contributed by atoms with Gasteiger partial charge in [-0.15, -0.1) is 0 Å². The molecule has 0 atom stereocenters. The van der Waals surface area contributed by atoms with Crippen LogP contribution in [0, 0.1) is 19.7 Å². The van der Waals surface area contributed by atoms with Crippen LogP contribution in [0.4, 0.5) is 10.1 Å². The molecule has 0 saturated heterocycles. The first-order chi connectivity index (χ1) is 13.8. The predicted molar refractivity (Wildman–Crippen MR) is 113 cm³/mol. The molecule has 0 aliphatic heterocycles. The van der Waals surface area contributed by atoms with Crippen LogP contribution in [0.25, 0.3) is 16.9 Å². The Morgan fingerprint density at radius 2 is 1.79 bits per heavy atom. The van der Waals surface area contributed by atoms with Gasteiger partial charge < -0.3 is 4.40 Å². The number of hydrogen-bond acceptors (Lipinski definition) is 3. The fourth-order valence-electron chi connectivity index (χ4n) is 3.19. The minimum Gasteiger partial charge on any atom is -0.306 e. The Labute approximate surface area is 168 Å². The summed E-state index contributed by atoms with van der Waals surface area (Å²) < 4.78 is 42.9. The number of sulfonamides is 1. The van der Waals surface area contributed by atoms with Crippen molar-refractivity contribution in [2.45, 2.75) is 19.6 Å².